The minimum absolute atomic E-state index is 0.118. The Morgan fingerprint density at radius 1 is 0.774 bits per heavy atom. The van der Waals surface area contributed by atoms with Crippen molar-refractivity contribution in [1.29, 1.82) is 0 Å². The highest BCUT2D eigenvalue weighted by Crippen LogP contribution is 2.44. The average Bonchev–Trinajstić information content (AvgIpc) is 3.18. The van der Waals surface area contributed by atoms with Gasteiger partial charge in [-0.3, -0.25) is 9.59 Å². The zero-order chi connectivity index (χ0) is 22.6. The van der Waals surface area contributed by atoms with E-state index in [9.17, 15) is 9.59 Å². The third-order valence-corrected chi connectivity index (χ3v) is 5.69. The lowest BCUT2D eigenvalue weighted by Crippen LogP contribution is -2.60. The molecule has 3 rings (SSSR count). The number of hydrogen-bond acceptors (Lipinski definition) is 7. The first-order valence-corrected chi connectivity index (χ1v) is 11.5. The van der Waals surface area contributed by atoms with Crippen LogP contribution in [0.4, 0.5) is 0 Å². The molecule has 3 heterocycles. The van der Waals surface area contributed by atoms with Gasteiger partial charge in [0.1, 0.15) is 18.3 Å². The summed E-state index contributed by atoms with van der Waals surface area (Å²) in [5.74, 6) is -2.38. The summed E-state index contributed by atoms with van der Waals surface area (Å²) in [6.07, 6.45) is 3.57. The molecule has 178 valence electrons. The number of nitrogens with one attached hydrogen (secondary N) is 2. The van der Waals surface area contributed by atoms with E-state index in [1.54, 1.807) is 27.7 Å². The number of carbonyl (C=O) groups excluding carboxylic acids is 2. The molecule has 0 bridgehead atoms. The Hall–Kier alpha value is -1.26. The van der Waals surface area contributed by atoms with Gasteiger partial charge < -0.3 is 34.3 Å². The lowest BCUT2D eigenvalue weighted by atomic mass is 9.98. The van der Waals surface area contributed by atoms with Gasteiger partial charge in [0, 0.05) is 6.54 Å². The molecule has 0 aromatic carbocycles. The van der Waals surface area contributed by atoms with E-state index in [1.807, 2.05) is 0 Å². The number of amides is 2. The average molecular weight is 443 g/mol. The predicted octanol–water partition coefficient (Wildman–Crippen LogP) is 1.98. The van der Waals surface area contributed by atoms with Gasteiger partial charge in [-0.15, -0.1) is 0 Å². The van der Waals surface area contributed by atoms with Crippen LogP contribution in [0.1, 0.15) is 73.1 Å². The molecule has 0 saturated carbocycles. The molecule has 9 heteroatoms. The first-order chi connectivity index (χ1) is 14.6. The van der Waals surface area contributed by atoms with Crippen LogP contribution in [-0.2, 0) is 33.3 Å². The zero-order valence-corrected chi connectivity index (χ0v) is 19.4. The lowest BCUT2D eigenvalue weighted by Gasteiger charge is -2.36. The van der Waals surface area contributed by atoms with E-state index in [2.05, 4.69) is 17.6 Å². The molecule has 3 saturated heterocycles. The van der Waals surface area contributed by atoms with Gasteiger partial charge >= 0.3 is 0 Å². The van der Waals surface area contributed by atoms with Crippen molar-refractivity contribution >= 4 is 11.8 Å². The van der Waals surface area contributed by atoms with Gasteiger partial charge in [-0.1, -0.05) is 39.0 Å². The number of carbonyl (C=O) groups is 2. The van der Waals surface area contributed by atoms with E-state index in [0.29, 0.717) is 6.54 Å². The second-order valence-electron chi connectivity index (χ2n) is 9.43. The van der Waals surface area contributed by atoms with Crippen LogP contribution in [-0.4, -0.2) is 67.2 Å². The van der Waals surface area contributed by atoms with E-state index in [4.69, 9.17) is 23.7 Å². The molecule has 0 aromatic rings. The van der Waals surface area contributed by atoms with Crippen LogP contribution in [0.2, 0.25) is 0 Å². The summed E-state index contributed by atoms with van der Waals surface area (Å²) >= 11 is 0. The Bertz CT molecular complexity index is 639. The summed E-state index contributed by atoms with van der Waals surface area (Å²) in [5.41, 5.74) is 0. The quantitative estimate of drug-likeness (QED) is 0.499. The molecule has 31 heavy (non-hydrogen) atoms. The molecule has 0 spiro atoms. The van der Waals surface area contributed by atoms with Crippen LogP contribution < -0.4 is 10.6 Å². The predicted molar refractivity (Wildman–Crippen MR) is 112 cm³/mol. The van der Waals surface area contributed by atoms with Crippen molar-refractivity contribution in [2.75, 3.05) is 13.1 Å². The van der Waals surface area contributed by atoms with E-state index >= 15 is 0 Å². The Kier molecular flexibility index (Phi) is 7.96. The molecule has 9 nitrogen and oxygen atoms in total. The number of fused-ring (bicyclic) bond motifs is 3. The molecule has 3 aliphatic rings. The van der Waals surface area contributed by atoms with Crippen molar-refractivity contribution in [2.24, 2.45) is 0 Å². The first kappa shape index (κ1) is 24.4. The van der Waals surface area contributed by atoms with Crippen LogP contribution in [0.3, 0.4) is 0 Å². The van der Waals surface area contributed by atoms with Crippen molar-refractivity contribution in [2.45, 2.75) is 115 Å². The molecule has 0 aromatic heterocycles. The maximum absolute atomic E-state index is 12.8. The smallest absolute Gasteiger partial charge is 0.252 e. The molecule has 3 fully saturated rings. The topological polar surface area (TPSA) is 104 Å². The zero-order valence-electron chi connectivity index (χ0n) is 19.4. The normalized spacial score (nSPS) is 32.9. The molecule has 2 amide bonds. The summed E-state index contributed by atoms with van der Waals surface area (Å²) in [4.78, 5) is 24.9. The van der Waals surface area contributed by atoms with Gasteiger partial charge in [-0.05, 0) is 34.1 Å². The first-order valence-electron chi connectivity index (χ1n) is 11.5. The highest BCUT2D eigenvalue weighted by Gasteiger charge is 2.62. The Morgan fingerprint density at radius 3 is 2.13 bits per heavy atom. The fraction of sp³-hybridized carbons (Fsp3) is 0.909. The van der Waals surface area contributed by atoms with Gasteiger partial charge in [0.15, 0.2) is 24.0 Å². The maximum Gasteiger partial charge on any atom is 0.252 e. The fourth-order valence-corrected chi connectivity index (χ4v) is 4.29. The highest BCUT2D eigenvalue weighted by atomic mass is 16.9. The van der Waals surface area contributed by atoms with E-state index in [0.717, 1.165) is 12.8 Å². The van der Waals surface area contributed by atoms with E-state index in [-0.39, 0.29) is 12.5 Å². The van der Waals surface area contributed by atoms with Crippen LogP contribution in [0, 0.1) is 0 Å². The number of ether oxygens (including phenoxy) is 5. The third-order valence-electron chi connectivity index (χ3n) is 5.69. The van der Waals surface area contributed by atoms with Gasteiger partial charge in [-0.25, -0.2) is 0 Å². The van der Waals surface area contributed by atoms with Crippen LogP contribution in [0.5, 0.6) is 0 Å². The molecular formula is C22H38N2O7. The van der Waals surface area contributed by atoms with Crippen molar-refractivity contribution < 1.29 is 33.3 Å². The van der Waals surface area contributed by atoms with Crippen LogP contribution >= 0.6 is 0 Å². The summed E-state index contributed by atoms with van der Waals surface area (Å²) in [5, 5.41) is 5.50. The SMILES string of the molecule is CCCCCCCCNC(=O)CNC(=O)C1OC2OC(C)(C)OC2C2OC(C)(C)OC12. The lowest BCUT2D eigenvalue weighted by molar-refractivity contribution is -0.231. The molecule has 0 radical (unpaired) electrons. The summed E-state index contributed by atoms with van der Waals surface area (Å²) in [6, 6.07) is 0. The standard InChI is InChI=1S/C22H38N2O7/c1-6-7-8-9-10-11-12-23-14(25)13-24-19(26)17-15-16(29-21(2,3)28-15)18-20(27-17)31-22(4,5)30-18/h15-18,20H,6-13H2,1-5H3,(H,23,25)(H,24,26). The summed E-state index contributed by atoms with van der Waals surface area (Å²) < 4.78 is 29.6. The number of unbranched alkanes of at least 4 members (excludes halogenated alkanes) is 5. The van der Waals surface area contributed by atoms with Crippen molar-refractivity contribution in [1.82, 2.24) is 10.6 Å². The number of rotatable bonds is 10. The molecule has 2 N–H and O–H groups in total. The van der Waals surface area contributed by atoms with Gasteiger partial charge in [-0.2, -0.15) is 0 Å². The molecule has 3 aliphatic heterocycles. The molecule has 5 atom stereocenters. The van der Waals surface area contributed by atoms with Crippen molar-refractivity contribution in [3.63, 3.8) is 0 Å². The summed E-state index contributed by atoms with van der Waals surface area (Å²) in [7, 11) is 0. The van der Waals surface area contributed by atoms with E-state index < -0.39 is 48.2 Å². The van der Waals surface area contributed by atoms with Gasteiger partial charge in [0.05, 0.1) is 6.54 Å². The number of hydrogen-bond donors (Lipinski definition) is 2. The van der Waals surface area contributed by atoms with Crippen molar-refractivity contribution in [3.05, 3.63) is 0 Å². The van der Waals surface area contributed by atoms with Crippen molar-refractivity contribution in [3.8, 4) is 0 Å². The second kappa shape index (κ2) is 10.1. The summed E-state index contributed by atoms with van der Waals surface area (Å²) in [6.45, 7) is 9.82. The Morgan fingerprint density at radius 2 is 1.39 bits per heavy atom. The third kappa shape index (κ3) is 6.38. The van der Waals surface area contributed by atoms with Crippen LogP contribution in [0.25, 0.3) is 0 Å². The Labute approximate surface area is 184 Å². The molecular weight excluding hydrogens is 404 g/mol. The minimum Gasteiger partial charge on any atom is -0.355 e. The highest BCUT2D eigenvalue weighted by molar-refractivity contribution is 5.87. The van der Waals surface area contributed by atoms with Gasteiger partial charge in [0.25, 0.3) is 5.91 Å². The van der Waals surface area contributed by atoms with Gasteiger partial charge in [0.2, 0.25) is 5.91 Å². The van der Waals surface area contributed by atoms with Crippen LogP contribution in [0.15, 0.2) is 0 Å². The maximum atomic E-state index is 12.8. The monoisotopic (exact) mass is 442 g/mol. The molecule has 0 aliphatic carbocycles. The largest absolute Gasteiger partial charge is 0.355 e. The second-order valence-corrected chi connectivity index (χ2v) is 9.43. The molecule has 5 unspecified atom stereocenters. The Balaban J connectivity index is 1.46. The van der Waals surface area contributed by atoms with E-state index in [1.165, 1.54) is 25.7 Å². The minimum atomic E-state index is -0.961. The fourth-order valence-electron chi connectivity index (χ4n) is 4.29.